The highest BCUT2D eigenvalue weighted by molar-refractivity contribution is 5.99. The lowest BCUT2D eigenvalue weighted by atomic mass is 10.1. The van der Waals surface area contributed by atoms with Crippen molar-refractivity contribution in [2.24, 2.45) is 0 Å². The second-order valence-electron chi connectivity index (χ2n) is 4.71. The lowest BCUT2D eigenvalue weighted by Crippen LogP contribution is -2.52. The molecule has 0 bridgehead atoms. The molecule has 2 heterocycles. The summed E-state index contributed by atoms with van der Waals surface area (Å²) in [6.45, 7) is 0.691. The number of carbonyl (C=O) groups is 2. The first-order chi connectivity index (χ1) is 9.66. The molecule has 0 radical (unpaired) electrons. The van der Waals surface area contributed by atoms with Gasteiger partial charge in [-0.3, -0.25) is 4.79 Å². The number of hydrogen-bond donors (Lipinski definition) is 2. The van der Waals surface area contributed by atoms with Crippen molar-refractivity contribution in [1.82, 2.24) is 9.88 Å². The predicted octanol–water partition coefficient (Wildman–Crippen LogP) is 1.09. The van der Waals surface area contributed by atoms with Crippen LogP contribution in [0.5, 0.6) is 0 Å². The number of nitrogens with one attached hydrogen (secondary N) is 1. The zero-order valence-electron chi connectivity index (χ0n) is 10.7. The van der Waals surface area contributed by atoms with Crippen LogP contribution >= 0.6 is 0 Å². The summed E-state index contributed by atoms with van der Waals surface area (Å²) in [5, 5.41) is 10.1. The Balaban J connectivity index is 1.91. The SMILES string of the molecule is O=C(O)[C@@H]1COCCN1C(=O)c1ccc2[nH]ccc2c1. The number of hydrogen-bond acceptors (Lipinski definition) is 3. The molecule has 1 atom stereocenters. The average molecular weight is 274 g/mol. The largest absolute Gasteiger partial charge is 0.480 e. The quantitative estimate of drug-likeness (QED) is 0.859. The van der Waals surface area contributed by atoms with Crippen LogP contribution in [0.2, 0.25) is 0 Å². The van der Waals surface area contributed by atoms with Gasteiger partial charge in [-0.1, -0.05) is 0 Å². The molecule has 104 valence electrons. The van der Waals surface area contributed by atoms with Gasteiger partial charge < -0.3 is 19.7 Å². The molecule has 0 spiro atoms. The van der Waals surface area contributed by atoms with Crippen molar-refractivity contribution >= 4 is 22.8 Å². The molecule has 2 N–H and O–H groups in total. The molecule has 1 aliphatic rings. The van der Waals surface area contributed by atoms with Crippen LogP contribution in [-0.2, 0) is 9.53 Å². The molecule has 20 heavy (non-hydrogen) atoms. The van der Waals surface area contributed by atoms with Crippen LogP contribution in [0.3, 0.4) is 0 Å². The first-order valence-electron chi connectivity index (χ1n) is 6.35. The molecule has 1 aromatic heterocycles. The number of nitrogens with zero attached hydrogens (tertiary/aromatic N) is 1. The lowest BCUT2D eigenvalue weighted by molar-refractivity contribution is -0.147. The summed E-state index contributed by atoms with van der Waals surface area (Å²) >= 11 is 0. The van der Waals surface area contributed by atoms with Crippen LogP contribution in [0.15, 0.2) is 30.5 Å². The lowest BCUT2D eigenvalue weighted by Gasteiger charge is -2.32. The average Bonchev–Trinajstić information content (AvgIpc) is 2.93. The molecule has 1 amide bonds. The summed E-state index contributed by atoms with van der Waals surface area (Å²) in [5.74, 6) is -1.32. The second kappa shape index (κ2) is 4.97. The number of carboxylic acids is 1. The monoisotopic (exact) mass is 274 g/mol. The minimum absolute atomic E-state index is 0.0352. The normalized spacial score (nSPS) is 19.2. The van der Waals surface area contributed by atoms with Crippen LogP contribution in [0.4, 0.5) is 0 Å². The number of ether oxygens (including phenoxy) is 1. The van der Waals surface area contributed by atoms with Crippen LogP contribution in [0.1, 0.15) is 10.4 Å². The summed E-state index contributed by atoms with van der Waals surface area (Å²) in [7, 11) is 0. The van der Waals surface area contributed by atoms with E-state index < -0.39 is 12.0 Å². The molecule has 0 aliphatic carbocycles. The van der Waals surface area contributed by atoms with Crippen molar-refractivity contribution in [2.75, 3.05) is 19.8 Å². The Kier molecular flexibility index (Phi) is 3.15. The van der Waals surface area contributed by atoms with Gasteiger partial charge in [0, 0.05) is 29.2 Å². The number of benzene rings is 1. The minimum Gasteiger partial charge on any atom is -0.480 e. The maximum Gasteiger partial charge on any atom is 0.328 e. The maximum absolute atomic E-state index is 12.5. The van der Waals surface area contributed by atoms with Crippen molar-refractivity contribution in [3.8, 4) is 0 Å². The molecule has 1 aromatic carbocycles. The fourth-order valence-corrected chi connectivity index (χ4v) is 2.40. The second-order valence-corrected chi connectivity index (χ2v) is 4.71. The van der Waals surface area contributed by atoms with Gasteiger partial charge in [-0.25, -0.2) is 4.79 Å². The van der Waals surface area contributed by atoms with Crippen molar-refractivity contribution in [2.45, 2.75) is 6.04 Å². The third-order valence-corrected chi connectivity index (χ3v) is 3.47. The van der Waals surface area contributed by atoms with Crippen molar-refractivity contribution < 1.29 is 19.4 Å². The van der Waals surface area contributed by atoms with E-state index in [-0.39, 0.29) is 12.5 Å². The topological polar surface area (TPSA) is 82.6 Å². The number of aromatic amines is 1. The first-order valence-corrected chi connectivity index (χ1v) is 6.35. The van der Waals surface area contributed by atoms with Gasteiger partial charge in [0.05, 0.1) is 13.2 Å². The molecule has 1 aliphatic heterocycles. The standard InChI is InChI=1S/C14H14N2O4/c17-13(16-5-6-20-8-12(16)14(18)19)10-1-2-11-9(7-10)3-4-15-11/h1-4,7,12,15H,5-6,8H2,(H,18,19)/t12-/m0/s1. The van der Waals surface area contributed by atoms with Crippen LogP contribution < -0.4 is 0 Å². The fourth-order valence-electron chi connectivity index (χ4n) is 2.40. The van der Waals surface area contributed by atoms with E-state index in [1.54, 1.807) is 18.3 Å². The molecule has 0 saturated carbocycles. The van der Waals surface area contributed by atoms with Crippen molar-refractivity contribution in [1.29, 1.82) is 0 Å². The highest BCUT2D eigenvalue weighted by atomic mass is 16.5. The number of aromatic nitrogens is 1. The Morgan fingerprint density at radius 3 is 3.00 bits per heavy atom. The van der Waals surface area contributed by atoms with E-state index in [1.165, 1.54) is 4.90 Å². The van der Waals surface area contributed by atoms with Crippen LogP contribution in [0, 0.1) is 0 Å². The summed E-state index contributed by atoms with van der Waals surface area (Å²) in [5.41, 5.74) is 1.43. The van der Waals surface area contributed by atoms with Gasteiger partial charge in [0.15, 0.2) is 6.04 Å². The number of amides is 1. The highest BCUT2D eigenvalue weighted by Crippen LogP contribution is 2.18. The number of carbonyl (C=O) groups excluding carboxylic acids is 1. The Hall–Kier alpha value is -2.34. The van der Waals surface area contributed by atoms with Gasteiger partial charge >= 0.3 is 5.97 Å². The summed E-state index contributed by atoms with van der Waals surface area (Å²) in [4.78, 5) is 28.1. The number of rotatable bonds is 2. The van der Waals surface area contributed by atoms with Crippen LogP contribution in [0.25, 0.3) is 10.9 Å². The summed E-state index contributed by atoms with van der Waals surface area (Å²) in [6, 6.07) is 6.25. The number of aliphatic carboxylic acids is 1. The first kappa shape index (κ1) is 12.7. The summed E-state index contributed by atoms with van der Waals surface area (Å²) in [6.07, 6.45) is 1.80. The van der Waals surface area contributed by atoms with Crippen LogP contribution in [-0.4, -0.2) is 52.7 Å². The third-order valence-electron chi connectivity index (χ3n) is 3.47. The minimum atomic E-state index is -1.04. The molecule has 3 rings (SSSR count). The summed E-state index contributed by atoms with van der Waals surface area (Å²) < 4.78 is 5.14. The van der Waals surface area contributed by atoms with E-state index in [2.05, 4.69) is 4.98 Å². The molecular weight excluding hydrogens is 260 g/mol. The van der Waals surface area contributed by atoms with E-state index in [9.17, 15) is 9.59 Å². The van der Waals surface area contributed by atoms with E-state index in [0.29, 0.717) is 18.7 Å². The van der Waals surface area contributed by atoms with Gasteiger partial charge in [0.25, 0.3) is 5.91 Å². The Labute approximate surface area is 114 Å². The van der Waals surface area contributed by atoms with Gasteiger partial charge in [0.1, 0.15) is 0 Å². The fraction of sp³-hybridized carbons (Fsp3) is 0.286. The zero-order valence-corrected chi connectivity index (χ0v) is 10.7. The van der Waals surface area contributed by atoms with Gasteiger partial charge in [-0.05, 0) is 24.3 Å². The van der Waals surface area contributed by atoms with Crippen molar-refractivity contribution in [3.63, 3.8) is 0 Å². The van der Waals surface area contributed by atoms with E-state index in [4.69, 9.17) is 9.84 Å². The maximum atomic E-state index is 12.5. The van der Waals surface area contributed by atoms with Crippen molar-refractivity contribution in [3.05, 3.63) is 36.0 Å². The van der Waals surface area contributed by atoms with E-state index >= 15 is 0 Å². The third kappa shape index (κ3) is 2.14. The van der Waals surface area contributed by atoms with Gasteiger partial charge in [0.2, 0.25) is 0 Å². The Bertz CT molecular complexity index is 664. The molecule has 6 nitrogen and oxygen atoms in total. The Morgan fingerprint density at radius 2 is 2.20 bits per heavy atom. The molecule has 2 aromatic rings. The zero-order chi connectivity index (χ0) is 14.1. The smallest absolute Gasteiger partial charge is 0.328 e. The molecule has 0 unspecified atom stereocenters. The number of morpholine rings is 1. The predicted molar refractivity (Wildman–Crippen MR) is 71.6 cm³/mol. The number of carboxylic acid groups (broad SMARTS) is 1. The van der Waals surface area contributed by atoms with Gasteiger partial charge in [-0.2, -0.15) is 0 Å². The van der Waals surface area contributed by atoms with E-state index in [0.717, 1.165) is 10.9 Å². The van der Waals surface area contributed by atoms with Gasteiger partial charge in [-0.15, -0.1) is 0 Å². The highest BCUT2D eigenvalue weighted by Gasteiger charge is 2.33. The molecular formula is C14H14N2O4. The number of fused-ring (bicyclic) bond motifs is 1. The van der Waals surface area contributed by atoms with E-state index in [1.807, 2.05) is 12.1 Å². The number of H-pyrrole nitrogens is 1. The molecule has 6 heteroatoms. The molecule has 1 saturated heterocycles. The Morgan fingerprint density at radius 1 is 1.35 bits per heavy atom. The molecule has 1 fully saturated rings.